The number of amides is 1. The summed E-state index contributed by atoms with van der Waals surface area (Å²) >= 11 is 17.8. The summed E-state index contributed by atoms with van der Waals surface area (Å²) in [6.07, 6.45) is -0.0136. The van der Waals surface area contributed by atoms with Gasteiger partial charge in [-0.25, -0.2) is 13.2 Å². The second-order valence-electron chi connectivity index (χ2n) is 6.05. The van der Waals surface area contributed by atoms with Gasteiger partial charge in [-0.3, -0.25) is 4.79 Å². The van der Waals surface area contributed by atoms with Crippen LogP contribution in [0.3, 0.4) is 0 Å². The quantitative estimate of drug-likeness (QED) is 0.641. The van der Waals surface area contributed by atoms with Gasteiger partial charge in [-0.05, 0) is 36.8 Å². The maximum absolute atomic E-state index is 12.3. The lowest BCUT2D eigenvalue weighted by Crippen LogP contribution is -2.30. The highest BCUT2D eigenvalue weighted by atomic mass is 35.5. The fraction of sp³-hybridized carbons (Fsp3) is 0.222. The number of sulfone groups is 1. The van der Waals surface area contributed by atoms with E-state index >= 15 is 0 Å². The number of carbonyl (C=O) groups excluding carboxylic acids is 2. The molecule has 2 rings (SSSR count). The first-order chi connectivity index (χ1) is 13.0. The third kappa shape index (κ3) is 6.38. The highest BCUT2D eigenvalue weighted by molar-refractivity contribution is 7.89. The van der Waals surface area contributed by atoms with Crippen LogP contribution in [0.5, 0.6) is 0 Å². The molecule has 10 heteroatoms. The molecule has 0 aromatic heterocycles. The maximum Gasteiger partial charge on any atom is 0.338 e. The minimum absolute atomic E-state index is 0.135. The van der Waals surface area contributed by atoms with E-state index < -0.39 is 27.8 Å². The van der Waals surface area contributed by atoms with Gasteiger partial charge in [-0.1, -0.05) is 46.9 Å². The predicted octanol–water partition coefficient (Wildman–Crippen LogP) is 4.38. The molecule has 0 radical (unpaired) electrons. The Balaban J connectivity index is 2.03. The van der Waals surface area contributed by atoms with Crippen LogP contribution in [0.1, 0.15) is 22.8 Å². The largest absolute Gasteiger partial charge is 0.449 e. The normalized spacial score (nSPS) is 12.3. The van der Waals surface area contributed by atoms with E-state index in [1.165, 1.54) is 43.3 Å². The SMILES string of the molecule is CC(OC(=O)c1ccc(CS(C)(=O)=O)cc1)C(=O)Nc1c(Cl)cc(Cl)cc1Cl. The van der Waals surface area contributed by atoms with Crippen molar-refractivity contribution < 1.29 is 22.7 Å². The number of ether oxygens (including phenoxy) is 1. The van der Waals surface area contributed by atoms with E-state index in [0.717, 1.165) is 6.26 Å². The van der Waals surface area contributed by atoms with Crippen molar-refractivity contribution in [2.45, 2.75) is 18.8 Å². The van der Waals surface area contributed by atoms with E-state index in [1.807, 2.05) is 0 Å². The van der Waals surface area contributed by atoms with Gasteiger partial charge in [0, 0.05) is 11.3 Å². The van der Waals surface area contributed by atoms with Gasteiger partial charge in [-0.2, -0.15) is 0 Å². The summed E-state index contributed by atoms with van der Waals surface area (Å²) in [5, 5.41) is 3.09. The van der Waals surface area contributed by atoms with Gasteiger partial charge in [0.2, 0.25) is 0 Å². The van der Waals surface area contributed by atoms with Gasteiger partial charge in [0.25, 0.3) is 5.91 Å². The van der Waals surface area contributed by atoms with Crippen molar-refractivity contribution in [2.75, 3.05) is 11.6 Å². The molecule has 0 spiro atoms. The van der Waals surface area contributed by atoms with E-state index in [-0.39, 0.29) is 27.0 Å². The first-order valence-corrected chi connectivity index (χ1v) is 11.1. The minimum Gasteiger partial charge on any atom is -0.449 e. The van der Waals surface area contributed by atoms with Gasteiger partial charge in [0.15, 0.2) is 15.9 Å². The number of hydrogen-bond acceptors (Lipinski definition) is 5. The van der Waals surface area contributed by atoms with Crippen LogP contribution >= 0.6 is 34.8 Å². The molecule has 2 aromatic carbocycles. The highest BCUT2D eigenvalue weighted by Crippen LogP contribution is 2.33. The lowest BCUT2D eigenvalue weighted by atomic mass is 10.1. The molecule has 28 heavy (non-hydrogen) atoms. The fourth-order valence-corrected chi connectivity index (χ4v) is 3.92. The molecule has 0 bridgehead atoms. The third-order valence-corrected chi connectivity index (χ3v) is 5.20. The number of nitrogens with one attached hydrogen (secondary N) is 1. The van der Waals surface area contributed by atoms with Gasteiger partial charge < -0.3 is 10.1 Å². The third-order valence-electron chi connectivity index (χ3n) is 3.53. The van der Waals surface area contributed by atoms with Crippen molar-refractivity contribution in [3.63, 3.8) is 0 Å². The summed E-state index contributed by atoms with van der Waals surface area (Å²) in [7, 11) is -3.18. The zero-order chi connectivity index (χ0) is 21.1. The summed E-state index contributed by atoms with van der Waals surface area (Å²) in [6.45, 7) is 1.39. The Morgan fingerprint density at radius 1 is 1.07 bits per heavy atom. The van der Waals surface area contributed by atoms with E-state index in [4.69, 9.17) is 39.5 Å². The van der Waals surface area contributed by atoms with Gasteiger partial charge in [-0.15, -0.1) is 0 Å². The molecule has 1 unspecified atom stereocenters. The molecule has 0 aliphatic rings. The molecule has 0 saturated heterocycles. The number of rotatable bonds is 6. The maximum atomic E-state index is 12.3. The van der Waals surface area contributed by atoms with Crippen molar-refractivity contribution in [3.8, 4) is 0 Å². The topological polar surface area (TPSA) is 89.5 Å². The highest BCUT2D eigenvalue weighted by Gasteiger charge is 2.21. The molecule has 0 aliphatic carbocycles. The molecular formula is C18H16Cl3NO5S. The zero-order valence-corrected chi connectivity index (χ0v) is 17.9. The van der Waals surface area contributed by atoms with Crippen molar-refractivity contribution in [1.82, 2.24) is 0 Å². The Bertz CT molecular complexity index is 983. The van der Waals surface area contributed by atoms with Gasteiger partial charge in [0.05, 0.1) is 27.0 Å². The number of benzene rings is 2. The van der Waals surface area contributed by atoms with E-state index in [2.05, 4.69) is 5.32 Å². The van der Waals surface area contributed by atoms with Crippen LogP contribution in [0.2, 0.25) is 15.1 Å². The van der Waals surface area contributed by atoms with Crippen molar-refractivity contribution in [1.29, 1.82) is 0 Å². The lowest BCUT2D eigenvalue weighted by Gasteiger charge is -2.15. The molecule has 0 fully saturated rings. The van der Waals surface area contributed by atoms with Crippen LogP contribution < -0.4 is 5.32 Å². The van der Waals surface area contributed by atoms with Crippen molar-refractivity contribution >= 4 is 62.2 Å². The van der Waals surface area contributed by atoms with E-state index in [0.29, 0.717) is 10.6 Å². The van der Waals surface area contributed by atoms with Crippen LogP contribution in [0, 0.1) is 0 Å². The molecule has 2 aromatic rings. The standard InChI is InChI=1S/C18H16Cl3NO5S/c1-10(17(23)22-16-14(20)7-13(19)8-15(16)21)27-18(24)12-5-3-11(4-6-12)9-28(2,25)26/h3-8,10H,9H2,1-2H3,(H,22,23). The molecule has 1 atom stereocenters. The first kappa shape index (κ1) is 22.5. The summed E-state index contributed by atoms with van der Waals surface area (Å²) in [4.78, 5) is 24.5. The predicted molar refractivity (Wildman–Crippen MR) is 110 cm³/mol. The molecular weight excluding hydrogens is 449 g/mol. The van der Waals surface area contributed by atoms with Crippen LogP contribution in [0.25, 0.3) is 0 Å². The van der Waals surface area contributed by atoms with E-state index in [1.54, 1.807) is 0 Å². The second-order valence-corrected chi connectivity index (χ2v) is 9.44. The molecule has 1 amide bonds. The Morgan fingerprint density at radius 3 is 2.11 bits per heavy atom. The molecule has 0 saturated carbocycles. The Labute approximate surface area is 177 Å². The molecule has 6 nitrogen and oxygen atoms in total. The second kappa shape index (κ2) is 9.13. The van der Waals surface area contributed by atoms with Crippen molar-refractivity contribution in [2.24, 2.45) is 0 Å². The number of hydrogen-bond donors (Lipinski definition) is 1. The van der Waals surface area contributed by atoms with Crippen molar-refractivity contribution in [3.05, 3.63) is 62.6 Å². The molecule has 1 N–H and O–H groups in total. The Morgan fingerprint density at radius 2 is 1.61 bits per heavy atom. The van der Waals surface area contributed by atoms with Crippen LogP contribution in [0.15, 0.2) is 36.4 Å². The van der Waals surface area contributed by atoms with Crippen LogP contribution in [0.4, 0.5) is 5.69 Å². The summed E-state index contributed by atoms with van der Waals surface area (Å²) in [6, 6.07) is 8.71. The summed E-state index contributed by atoms with van der Waals surface area (Å²) in [5.41, 5.74) is 0.877. The van der Waals surface area contributed by atoms with E-state index in [9.17, 15) is 18.0 Å². The van der Waals surface area contributed by atoms with Crippen LogP contribution in [-0.4, -0.2) is 32.7 Å². The smallest absolute Gasteiger partial charge is 0.338 e. The molecule has 0 heterocycles. The number of halogens is 3. The Hall–Kier alpha value is -1.80. The number of anilines is 1. The van der Waals surface area contributed by atoms with Crippen LogP contribution in [-0.2, 0) is 25.1 Å². The summed E-state index contributed by atoms with van der Waals surface area (Å²) in [5.74, 6) is -1.50. The molecule has 0 aliphatic heterocycles. The minimum atomic E-state index is -3.18. The lowest BCUT2D eigenvalue weighted by molar-refractivity contribution is -0.123. The first-order valence-electron chi connectivity index (χ1n) is 7.89. The molecule has 150 valence electrons. The van der Waals surface area contributed by atoms with Gasteiger partial charge >= 0.3 is 5.97 Å². The monoisotopic (exact) mass is 463 g/mol. The average Bonchev–Trinajstić information content (AvgIpc) is 2.56. The number of carbonyl (C=O) groups is 2. The van der Waals surface area contributed by atoms with Gasteiger partial charge in [0.1, 0.15) is 0 Å². The average molecular weight is 465 g/mol. The zero-order valence-electron chi connectivity index (χ0n) is 14.8. The fourth-order valence-electron chi connectivity index (χ4n) is 2.21. The summed E-state index contributed by atoms with van der Waals surface area (Å²) < 4.78 is 27.7. The Kier molecular flexibility index (Phi) is 7.33. The number of esters is 1.